The van der Waals surface area contributed by atoms with Crippen molar-refractivity contribution in [2.75, 3.05) is 7.11 Å². The molecule has 0 radical (unpaired) electrons. The molecule has 1 aliphatic rings. The minimum atomic E-state index is -0.879. The number of rotatable bonds is 5. The fourth-order valence-electron chi connectivity index (χ4n) is 1.39. The van der Waals surface area contributed by atoms with E-state index in [-0.39, 0.29) is 12.4 Å². The van der Waals surface area contributed by atoms with Gasteiger partial charge in [-0.15, -0.1) is 0 Å². The van der Waals surface area contributed by atoms with Crippen LogP contribution >= 0.6 is 0 Å². The van der Waals surface area contributed by atoms with Gasteiger partial charge in [0, 0.05) is 0 Å². The Bertz CT molecular complexity index is 183. The van der Waals surface area contributed by atoms with Crippen molar-refractivity contribution in [2.45, 2.75) is 44.6 Å². The van der Waals surface area contributed by atoms with Crippen molar-refractivity contribution in [1.82, 2.24) is 0 Å². The first-order valence-electron chi connectivity index (χ1n) is 4.83. The Morgan fingerprint density at radius 3 is 2.69 bits per heavy atom. The maximum atomic E-state index is 10.9. The van der Waals surface area contributed by atoms with E-state index in [1.54, 1.807) is 6.92 Å². The molecule has 1 rings (SSSR count). The van der Waals surface area contributed by atoms with Crippen LogP contribution in [0.15, 0.2) is 0 Å². The molecule has 3 nitrogen and oxygen atoms in total. The van der Waals surface area contributed by atoms with Gasteiger partial charge in [-0.2, -0.15) is 0 Å². The molecule has 1 fully saturated rings. The van der Waals surface area contributed by atoms with Crippen molar-refractivity contribution in [3.63, 3.8) is 0 Å². The van der Waals surface area contributed by atoms with E-state index in [2.05, 4.69) is 4.74 Å². The fourth-order valence-corrected chi connectivity index (χ4v) is 1.39. The molecule has 0 spiro atoms. The quantitative estimate of drug-likeness (QED) is 0.662. The Labute approximate surface area is 79.1 Å². The summed E-state index contributed by atoms with van der Waals surface area (Å²) in [6.45, 7) is 1.70. The van der Waals surface area contributed by atoms with Crippen LogP contribution in [-0.4, -0.2) is 23.8 Å². The summed E-state index contributed by atoms with van der Waals surface area (Å²) in [6.07, 6.45) is 4.41. The third-order valence-electron chi connectivity index (χ3n) is 2.54. The van der Waals surface area contributed by atoms with E-state index in [0.717, 1.165) is 12.3 Å². The zero-order valence-electron chi connectivity index (χ0n) is 8.38. The number of methoxy groups -OCH3 is 1. The molecule has 1 aliphatic carbocycles. The first-order valence-corrected chi connectivity index (χ1v) is 4.83. The molecule has 0 amide bonds. The van der Waals surface area contributed by atoms with Crippen LogP contribution in [0.5, 0.6) is 0 Å². The van der Waals surface area contributed by atoms with Gasteiger partial charge in [-0.25, -0.2) is 0 Å². The predicted molar refractivity (Wildman–Crippen MR) is 49.2 cm³/mol. The van der Waals surface area contributed by atoms with Crippen LogP contribution in [0.3, 0.4) is 0 Å². The fraction of sp³-hybridized carbons (Fsp3) is 0.900. The monoisotopic (exact) mass is 186 g/mol. The van der Waals surface area contributed by atoms with E-state index in [1.165, 1.54) is 20.0 Å². The lowest BCUT2D eigenvalue weighted by Crippen LogP contribution is -2.28. The normalized spacial score (nSPS) is 20.8. The van der Waals surface area contributed by atoms with Crippen molar-refractivity contribution < 1.29 is 14.6 Å². The van der Waals surface area contributed by atoms with Crippen LogP contribution in [0.2, 0.25) is 0 Å². The average Bonchev–Trinajstić information content (AvgIpc) is 2.83. The number of carbonyl (C=O) groups is 1. The van der Waals surface area contributed by atoms with Gasteiger partial charge in [0.25, 0.3) is 0 Å². The van der Waals surface area contributed by atoms with Gasteiger partial charge in [0.2, 0.25) is 0 Å². The SMILES string of the molecule is COC(=O)CC(C)(O)CCC1CC1. The van der Waals surface area contributed by atoms with Crippen LogP contribution in [0.4, 0.5) is 0 Å². The van der Waals surface area contributed by atoms with E-state index in [0.29, 0.717) is 6.42 Å². The van der Waals surface area contributed by atoms with E-state index < -0.39 is 5.60 Å². The van der Waals surface area contributed by atoms with Crippen molar-refractivity contribution in [2.24, 2.45) is 5.92 Å². The smallest absolute Gasteiger partial charge is 0.308 e. The van der Waals surface area contributed by atoms with E-state index >= 15 is 0 Å². The van der Waals surface area contributed by atoms with Gasteiger partial charge in [-0.1, -0.05) is 12.8 Å². The molecule has 0 heterocycles. The Balaban J connectivity index is 2.21. The van der Waals surface area contributed by atoms with Gasteiger partial charge in [-0.3, -0.25) is 4.79 Å². The second-order valence-electron chi connectivity index (χ2n) is 4.23. The molecular weight excluding hydrogens is 168 g/mol. The summed E-state index contributed by atoms with van der Waals surface area (Å²) < 4.78 is 4.51. The lowest BCUT2D eigenvalue weighted by atomic mass is 9.95. The van der Waals surface area contributed by atoms with E-state index in [1.807, 2.05) is 0 Å². The molecule has 1 atom stereocenters. The first-order chi connectivity index (χ1) is 6.03. The molecule has 1 saturated carbocycles. The van der Waals surface area contributed by atoms with E-state index in [4.69, 9.17) is 0 Å². The molecule has 13 heavy (non-hydrogen) atoms. The molecule has 76 valence electrons. The number of carbonyl (C=O) groups excluding carboxylic acids is 1. The van der Waals surface area contributed by atoms with Gasteiger partial charge >= 0.3 is 5.97 Å². The van der Waals surface area contributed by atoms with Gasteiger partial charge < -0.3 is 9.84 Å². The molecule has 3 heteroatoms. The summed E-state index contributed by atoms with van der Waals surface area (Å²) in [5, 5.41) is 9.79. The Kier molecular flexibility index (Phi) is 3.31. The summed E-state index contributed by atoms with van der Waals surface area (Å²) in [6, 6.07) is 0. The number of ether oxygens (including phenoxy) is 1. The lowest BCUT2D eigenvalue weighted by molar-refractivity contribution is -0.145. The van der Waals surface area contributed by atoms with Crippen molar-refractivity contribution in [3.05, 3.63) is 0 Å². The minimum Gasteiger partial charge on any atom is -0.469 e. The summed E-state index contributed by atoms with van der Waals surface area (Å²) >= 11 is 0. The molecule has 0 aromatic carbocycles. The molecular formula is C10H18O3. The topological polar surface area (TPSA) is 46.5 Å². The summed E-state index contributed by atoms with van der Waals surface area (Å²) in [5.41, 5.74) is -0.879. The number of aliphatic hydroxyl groups is 1. The molecule has 1 N–H and O–H groups in total. The van der Waals surface area contributed by atoms with Gasteiger partial charge in [0.05, 0.1) is 19.1 Å². The maximum Gasteiger partial charge on any atom is 0.308 e. The minimum absolute atomic E-state index is 0.107. The average molecular weight is 186 g/mol. The highest BCUT2D eigenvalue weighted by molar-refractivity contribution is 5.70. The van der Waals surface area contributed by atoms with E-state index in [9.17, 15) is 9.90 Å². The molecule has 0 aliphatic heterocycles. The van der Waals surface area contributed by atoms with Crippen LogP contribution in [-0.2, 0) is 9.53 Å². The van der Waals surface area contributed by atoms with Gasteiger partial charge in [0.15, 0.2) is 0 Å². The van der Waals surface area contributed by atoms with Crippen molar-refractivity contribution in [1.29, 1.82) is 0 Å². The van der Waals surface area contributed by atoms with Crippen LogP contribution in [0.25, 0.3) is 0 Å². The standard InChI is InChI=1S/C10H18O3/c1-10(12,7-9(11)13-2)6-5-8-3-4-8/h8,12H,3-7H2,1-2H3. The highest BCUT2D eigenvalue weighted by atomic mass is 16.5. The summed E-state index contributed by atoms with van der Waals surface area (Å²) in [4.78, 5) is 10.9. The number of esters is 1. The molecule has 0 aromatic heterocycles. The Morgan fingerprint density at radius 2 is 2.23 bits per heavy atom. The Morgan fingerprint density at radius 1 is 1.62 bits per heavy atom. The second-order valence-corrected chi connectivity index (χ2v) is 4.23. The largest absolute Gasteiger partial charge is 0.469 e. The molecule has 0 saturated heterocycles. The van der Waals surface area contributed by atoms with Crippen molar-refractivity contribution >= 4 is 5.97 Å². The number of hydrogen-bond acceptors (Lipinski definition) is 3. The highest BCUT2D eigenvalue weighted by Crippen LogP contribution is 2.35. The summed E-state index contributed by atoms with van der Waals surface area (Å²) in [7, 11) is 1.35. The summed E-state index contributed by atoms with van der Waals surface area (Å²) in [5.74, 6) is 0.463. The zero-order chi connectivity index (χ0) is 9.90. The van der Waals surface area contributed by atoms with Gasteiger partial charge in [-0.05, 0) is 25.7 Å². The molecule has 0 aromatic rings. The van der Waals surface area contributed by atoms with Crippen molar-refractivity contribution in [3.8, 4) is 0 Å². The lowest BCUT2D eigenvalue weighted by Gasteiger charge is -2.21. The second kappa shape index (κ2) is 4.09. The Hall–Kier alpha value is -0.570. The molecule has 1 unspecified atom stereocenters. The third kappa shape index (κ3) is 4.27. The highest BCUT2D eigenvalue weighted by Gasteiger charge is 2.29. The predicted octanol–water partition coefficient (Wildman–Crippen LogP) is 1.49. The first kappa shape index (κ1) is 10.5. The number of hydrogen-bond donors (Lipinski definition) is 1. The van der Waals surface area contributed by atoms with Crippen LogP contribution < -0.4 is 0 Å². The molecule has 0 bridgehead atoms. The van der Waals surface area contributed by atoms with Gasteiger partial charge in [0.1, 0.15) is 0 Å². The third-order valence-corrected chi connectivity index (χ3v) is 2.54. The zero-order valence-corrected chi connectivity index (χ0v) is 8.38. The van der Waals surface area contributed by atoms with Crippen LogP contribution in [0.1, 0.15) is 39.0 Å². The van der Waals surface area contributed by atoms with Crippen LogP contribution in [0, 0.1) is 5.92 Å². The maximum absolute atomic E-state index is 10.9.